The Bertz CT molecular complexity index is 1010. The van der Waals surface area contributed by atoms with E-state index in [1.165, 1.54) is 41.7 Å². The van der Waals surface area contributed by atoms with Gasteiger partial charge >= 0.3 is 0 Å². The van der Waals surface area contributed by atoms with Crippen LogP contribution >= 0.6 is 22.9 Å². The van der Waals surface area contributed by atoms with Crippen molar-refractivity contribution in [3.05, 3.63) is 75.3 Å². The standard InChI is InChI=1S/C19H14ClF2N3OS/c20-13-9-10(1-4-14(13)21)24-18(26)12-2-5-15(22)17-11(12)3-6-16(17)25-19-23-7-8-27-19/h1-2,4-5,7-9,16H,3,6H2,(H,23,25)(H,24,26). The highest BCUT2D eigenvalue weighted by Crippen LogP contribution is 2.38. The summed E-state index contributed by atoms with van der Waals surface area (Å²) >= 11 is 7.19. The van der Waals surface area contributed by atoms with Gasteiger partial charge in [-0.2, -0.15) is 0 Å². The van der Waals surface area contributed by atoms with Crippen molar-refractivity contribution in [2.45, 2.75) is 18.9 Å². The highest BCUT2D eigenvalue weighted by atomic mass is 35.5. The molecule has 0 saturated heterocycles. The van der Waals surface area contributed by atoms with Gasteiger partial charge in [0, 0.05) is 28.4 Å². The first-order valence-corrected chi connectivity index (χ1v) is 9.52. The molecule has 1 aromatic heterocycles. The molecule has 4 rings (SSSR count). The Balaban J connectivity index is 1.61. The minimum Gasteiger partial charge on any atom is -0.355 e. The number of fused-ring (bicyclic) bond motifs is 1. The monoisotopic (exact) mass is 405 g/mol. The van der Waals surface area contributed by atoms with E-state index in [0.29, 0.717) is 40.4 Å². The summed E-state index contributed by atoms with van der Waals surface area (Å²) in [5.41, 5.74) is 1.94. The number of nitrogens with one attached hydrogen (secondary N) is 2. The third-order valence-corrected chi connectivity index (χ3v) is 5.48. The zero-order valence-electron chi connectivity index (χ0n) is 13.9. The number of rotatable bonds is 4. The molecule has 1 heterocycles. The van der Waals surface area contributed by atoms with Gasteiger partial charge in [0.1, 0.15) is 11.6 Å². The molecule has 2 N–H and O–H groups in total. The average molecular weight is 406 g/mol. The molecular formula is C19H14ClF2N3OS. The van der Waals surface area contributed by atoms with Crippen molar-refractivity contribution in [2.24, 2.45) is 0 Å². The summed E-state index contributed by atoms with van der Waals surface area (Å²) in [7, 11) is 0. The van der Waals surface area contributed by atoms with E-state index in [0.717, 1.165) is 0 Å². The average Bonchev–Trinajstić information content (AvgIpc) is 3.29. The van der Waals surface area contributed by atoms with E-state index in [-0.39, 0.29) is 22.8 Å². The Morgan fingerprint density at radius 1 is 1.22 bits per heavy atom. The summed E-state index contributed by atoms with van der Waals surface area (Å²) in [5, 5.41) is 8.39. The number of aromatic nitrogens is 1. The minimum absolute atomic E-state index is 0.0788. The summed E-state index contributed by atoms with van der Waals surface area (Å²) in [6.45, 7) is 0. The number of anilines is 2. The van der Waals surface area contributed by atoms with Gasteiger partial charge in [0.2, 0.25) is 0 Å². The number of thiazole rings is 1. The van der Waals surface area contributed by atoms with Crippen LogP contribution in [0.2, 0.25) is 5.02 Å². The Kier molecular flexibility index (Phi) is 4.80. The van der Waals surface area contributed by atoms with Crippen LogP contribution in [0, 0.1) is 11.6 Å². The van der Waals surface area contributed by atoms with E-state index >= 15 is 0 Å². The van der Waals surface area contributed by atoms with Gasteiger partial charge < -0.3 is 10.6 Å². The van der Waals surface area contributed by atoms with Crippen LogP contribution in [0.1, 0.15) is 33.9 Å². The number of carbonyl (C=O) groups is 1. The Labute approximate surface area is 163 Å². The van der Waals surface area contributed by atoms with Crippen LogP contribution in [0.4, 0.5) is 19.6 Å². The topological polar surface area (TPSA) is 54.0 Å². The Morgan fingerprint density at radius 3 is 2.78 bits per heavy atom. The van der Waals surface area contributed by atoms with Gasteiger partial charge in [0.05, 0.1) is 11.1 Å². The fourth-order valence-corrected chi connectivity index (χ4v) is 4.05. The maximum absolute atomic E-state index is 14.5. The van der Waals surface area contributed by atoms with Crippen molar-refractivity contribution in [2.75, 3.05) is 10.6 Å². The van der Waals surface area contributed by atoms with Crippen LogP contribution in [0.15, 0.2) is 41.9 Å². The van der Waals surface area contributed by atoms with Crippen LogP contribution in [0.5, 0.6) is 0 Å². The van der Waals surface area contributed by atoms with Crippen molar-refractivity contribution in [3.8, 4) is 0 Å². The van der Waals surface area contributed by atoms with Crippen molar-refractivity contribution < 1.29 is 13.6 Å². The number of hydrogen-bond donors (Lipinski definition) is 2. The minimum atomic E-state index is -0.562. The molecule has 0 radical (unpaired) electrons. The summed E-state index contributed by atoms with van der Waals surface area (Å²) < 4.78 is 27.8. The quantitative estimate of drug-likeness (QED) is 0.608. The molecule has 0 bridgehead atoms. The molecule has 0 spiro atoms. The Hall–Kier alpha value is -2.51. The predicted molar refractivity (Wildman–Crippen MR) is 103 cm³/mol. The largest absolute Gasteiger partial charge is 0.355 e. The van der Waals surface area contributed by atoms with Gasteiger partial charge in [-0.05, 0) is 48.7 Å². The number of nitrogens with zero attached hydrogens (tertiary/aromatic N) is 1. The molecule has 4 nitrogen and oxygen atoms in total. The first-order valence-electron chi connectivity index (χ1n) is 8.26. The van der Waals surface area contributed by atoms with Crippen LogP contribution in [0.25, 0.3) is 0 Å². The van der Waals surface area contributed by atoms with Crippen LogP contribution < -0.4 is 10.6 Å². The van der Waals surface area contributed by atoms with Gasteiger partial charge in [0.15, 0.2) is 5.13 Å². The zero-order chi connectivity index (χ0) is 19.0. The van der Waals surface area contributed by atoms with Gasteiger partial charge in [-0.1, -0.05) is 11.6 Å². The van der Waals surface area contributed by atoms with Crippen LogP contribution in [0.3, 0.4) is 0 Å². The van der Waals surface area contributed by atoms with Gasteiger partial charge in [0.25, 0.3) is 5.91 Å². The third kappa shape index (κ3) is 3.52. The second-order valence-corrected chi connectivity index (χ2v) is 7.44. The molecule has 0 saturated carbocycles. The maximum Gasteiger partial charge on any atom is 0.255 e. The SMILES string of the molecule is O=C(Nc1ccc(F)c(Cl)c1)c1ccc(F)c2c1CCC2Nc1nccs1. The molecule has 1 aliphatic carbocycles. The number of hydrogen-bond acceptors (Lipinski definition) is 4. The molecule has 1 unspecified atom stereocenters. The highest BCUT2D eigenvalue weighted by Gasteiger charge is 2.30. The van der Waals surface area contributed by atoms with Crippen molar-refractivity contribution in [3.63, 3.8) is 0 Å². The predicted octanol–water partition coefficient (Wildman–Crippen LogP) is 5.43. The normalized spacial score (nSPS) is 15.4. The van der Waals surface area contributed by atoms with Gasteiger partial charge in [-0.25, -0.2) is 13.8 Å². The molecule has 138 valence electrons. The van der Waals surface area contributed by atoms with E-state index in [2.05, 4.69) is 15.6 Å². The highest BCUT2D eigenvalue weighted by molar-refractivity contribution is 7.13. The second kappa shape index (κ2) is 7.25. The number of benzene rings is 2. The first-order chi connectivity index (χ1) is 13.0. The van der Waals surface area contributed by atoms with E-state index in [1.54, 1.807) is 6.20 Å². The molecule has 1 amide bonds. The lowest BCUT2D eigenvalue weighted by molar-refractivity contribution is 0.102. The summed E-state index contributed by atoms with van der Waals surface area (Å²) in [5.74, 6) is -1.30. The molecule has 0 fully saturated rings. The van der Waals surface area contributed by atoms with Crippen LogP contribution in [-0.2, 0) is 6.42 Å². The third-order valence-electron chi connectivity index (χ3n) is 4.49. The fourth-order valence-electron chi connectivity index (χ4n) is 3.29. The smallest absolute Gasteiger partial charge is 0.255 e. The first kappa shape index (κ1) is 17.9. The van der Waals surface area contributed by atoms with E-state index in [4.69, 9.17) is 11.6 Å². The number of carbonyl (C=O) groups excluding carboxylic acids is 1. The van der Waals surface area contributed by atoms with Crippen molar-refractivity contribution >= 4 is 39.7 Å². The summed E-state index contributed by atoms with van der Waals surface area (Å²) in [4.78, 5) is 16.9. The molecule has 0 aliphatic heterocycles. The zero-order valence-corrected chi connectivity index (χ0v) is 15.5. The fraction of sp³-hybridized carbons (Fsp3) is 0.158. The molecular weight excluding hydrogens is 392 g/mol. The lowest BCUT2D eigenvalue weighted by Gasteiger charge is -2.15. The van der Waals surface area contributed by atoms with Crippen molar-refractivity contribution in [1.82, 2.24) is 4.98 Å². The van der Waals surface area contributed by atoms with E-state index < -0.39 is 5.82 Å². The van der Waals surface area contributed by atoms with Crippen LogP contribution in [-0.4, -0.2) is 10.9 Å². The van der Waals surface area contributed by atoms with E-state index in [1.807, 2.05) is 5.38 Å². The molecule has 2 aromatic carbocycles. The molecule has 1 atom stereocenters. The van der Waals surface area contributed by atoms with E-state index in [9.17, 15) is 13.6 Å². The maximum atomic E-state index is 14.5. The molecule has 3 aromatic rings. The number of amides is 1. The molecule has 8 heteroatoms. The Morgan fingerprint density at radius 2 is 2.04 bits per heavy atom. The van der Waals surface area contributed by atoms with Gasteiger partial charge in [-0.15, -0.1) is 11.3 Å². The lowest BCUT2D eigenvalue weighted by atomic mass is 10.0. The summed E-state index contributed by atoms with van der Waals surface area (Å²) in [6, 6.07) is 6.48. The van der Waals surface area contributed by atoms with Crippen molar-refractivity contribution in [1.29, 1.82) is 0 Å². The lowest BCUT2D eigenvalue weighted by Crippen LogP contribution is -2.15. The molecule has 27 heavy (non-hydrogen) atoms. The van der Waals surface area contributed by atoms with Gasteiger partial charge in [-0.3, -0.25) is 4.79 Å². The molecule has 1 aliphatic rings. The second-order valence-electron chi connectivity index (χ2n) is 6.14. The number of halogens is 3. The summed E-state index contributed by atoms with van der Waals surface area (Å²) in [6.07, 6.45) is 2.92.